The molecule has 1 aliphatic rings. The van der Waals surface area contributed by atoms with Gasteiger partial charge >= 0.3 is 7.12 Å². The number of nitrogens with zero attached hydrogens (tertiary/aromatic N) is 2. The van der Waals surface area contributed by atoms with Crippen molar-refractivity contribution in [1.29, 1.82) is 0 Å². The molecule has 106 valence electrons. The summed E-state index contributed by atoms with van der Waals surface area (Å²) < 4.78 is 19.2. The zero-order valence-electron chi connectivity index (χ0n) is 12.5. The summed E-state index contributed by atoms with van der Waals surface area (Å²) in [4.78, 5) is 0. The first-order chi connectivity index (χ1) is 9.30. The lowest BCUT2D eigenvalue weighted by Crippen LogP contribution is -2.41. The molecule has 0 aromatic carbocycles. The molecule has 0 amide bonds. The van der Waals surface area contributed by atoms with Crippen LogP contribution < -0.4 is 5.46 Å². The highest BCUT2D eigenvalue weighted by Gasteiger charge is 2.52. The highest BCUT2D eigenvalue weighted by atomic mass is 16.7. The van der Waals surface area contributed by atoms with Crippen LogP contribution >= 0.6 is 0 Å². The molecule has 20 heavy (non-hydrogen) atoms. The maximum absolute atomic E-state index is 6.06. The molecule has 5 nitrogen and oxygen atoms in total. The molecule has 0 saturated carbocycles. The molecule has 2 aromatic rings. The van der Waals surface area contributed by atoms with Gasteiger partial charge in [0.25, 0.3) is 0 Å². The second-order valence-corrected chi connectivity index (χ2v) is 6.15. The topological polar surface area (TPSA) is 49.4 Å². The third-order valence-corrected chi connectivity index (χ3v) is 4.18. The number of furan rings is 1. The van der Waals surface area contributed by atoms with E-state index in [2.05, 4.69) is 5.10 Å². The third-order valence-electron chi connectivity index (χ3n) is 4.18. The smallest absolute Gasteiger partial charge is 0.447 e. The average molecular weight is 274 g/mol. The third kappa shape index (κ3) is 1.99. The van der Waals surface area contributed by atoms with Crippen LogP contribution in [0.4, 0.5) is 0 Å². The van der Waals surface area contributed by atoms with Gasteiger partial charge in [-0.1, -0.05) is 0 Å². The molecule has 0 radical (unpaired) electrons. The number of rotatable bonds is 2. The van der Waals surface area contributed by atoms with E-state index in [1.165, 1.54) is 0 Å². The predicted molar refractivity (Wildman–Crippen MR) is 76.3 cm³/mol. The molecule has 3 heterocycles. The fourth-order valence-corrected chi connectivity index (χ4v) is 2.19. The van der Waals surface area contributed by atoms with E-state index >= 15 is 0 Å². The molecule has 0 spiro atoms. The van der Waals surface area contributed by atoms with E-state index in [-0.39, 0.29) is 11.2 Å². The monoisotopic (exact) mass is 274 g/mol. The summed E-state index contributed by atoms with van der Waals surface area (Å²) in [6.45, 7) is 10.1. The fraction of sp³-hybridized carbons (Fsp3) is 0.500. The lowest BCUT2D eigenvalue weighted by atomic mass is 9.79. The van der Waals surface area contributed by atoms with Gasteiger partial charge in [-0.05, 0) is 40.7 Å². The van der Waals surface area contributed by atoms with E-state index in [1.54, 1.807) is 10.9 Å². The number of aryl methyl sites for hydroxylation is 1. The van der Waals surface area contributed by atoms with Crippen molar-refractivity contribution >= 4 is 12.6 Å². The van der Waals surface area contributed by atoms with Gasteiger partial charge < -0.3 is 13.7 Å². The van der Waals surface area contributed by atoms with Gasteiger partial charge in [-0.3, -0.25) is 0 Å². The first-order valence-electron chi connectivity index (χ1n) is 6.76. The minimum atomic E-state index is -0.399. The first kappa shape index (κ1) is 13.5. The highest BCUT2D eigenvalue weighted by molar-refractivity contribution is 6.62. The van der Waals surface area contributed by atoms with Gasteiger partial charge in [-0.15, -0.1) is 0 Å². The Balaban J connectivity index is 1.93. The van der Waals surface area contributed by atoms with Crippen LogP contribution in [0.1, 0.15) is 33.4 Å². The molecule has 0 aliphatic carbocycles. The summed E-state index contributed by atoms with van der Waals surface area (Å²) in [5.74, 6) is 0.677. The highest BCUT2D eigenvalue weighted by Crippen LogP contribution is 2.36. The van der Waals surface area contributed by atoms with Gasteiger partial charge in [-0.2, -0.15) is 5.10 Å². The Bertz CT molecular complexity index is 600. The number of hydrogen-bond acceptors (Lipinski definition) is 4. The first-order valence-corrected chi connectivity index (χ1v) is 6.76. The molecular weight excluding hydrogens is 255 g/mol. The van der Waals surface area contributed by atoms with E-state index < -0.39 is 7.12 Å². The van der Waals surface area contributed by atoms with Crippen molar-refractivity contribution in [2.45, 2.75) is 45.8 Å². The average Bonchev–Trinajstić information content (AvgIpc) is 2.98. The van der Waals surface area contributed by atoms with Crippen molar-refractivity contribution in [2.75, 3.05) is 0 Å². The molecule has 1 saturated heterocycles. The zero-order chi connectivity index (χ0) is 14.5. The number of aromatic nitrogens is 2. The van der Waals surface area contributed by atoms with Crippen molar-refractivity contribution in [3.05, 3.63) is 30.3 Å². The van der Waals surface area contributed by atoms with Crippen molar-refractivity contribution in [3.63, 3.8) is 0 Å². The van der Waals surface area contributed by atoms with Gasteiger partial charge in [0.15, 0.2) is 0 Å². The van der Waals surface area contributed by atoms with E-state index in [9.17, 15) is 0 Å². The van der Waals surface area contributed by atoms with Crippen LogP contribution in [0.15, 0.2) is 29.0 Å². The Morgan fingerprint density at radius 3 is 2.35 bits per heavy atom. The fourth-order valence-electron chi connectivity index (χ4n) is 2.19. The summed E-state index contributed by atoms with van der Waals surface area (Å²) in [7, 11) is -0.399. The summed E-state index contributed by atoms with van der Waals surface area (Å²) >= 11 is 0. The van der Waals surface area contributed by atoms with Gasteiger partial charge in [0, 0.05) is 17.7 Å². The molecule has 3 rings (SSSR count). The molecular formula is C14H19BN2O3. The van der Waals surface area contributed by atoms with Crippen molar-refractivity contribution in [3.8, 4) is 5.88 Å². The predicted octanol–water partition coefficient (Wildman–Crippen LogP) is 2.07. The van der Waals surface area contributed by atoms with Crippen LogP contribution in [-0.4, -0.2) is 28.1 Å². The van der Waals surface area contributed by atoms with Crippen molar-refractivity contribution in [1.82, 2.24) is 9.78 Å². The van der Waals surface area contributed by atoms with Crippen LogP contribution in [0.25, 0.3) is 5.88 Å². The Kier molecular flexibility index (Phi) is 2.85. The molecule has 0 bridgehead atoms. The molecule has 6 heteroatoms. The van der Waals surface area contributed by atoms with E-state index in [4.69, 9.17) is 13.7 Å². The standard InChI is InChI=1S/C14H19BN2O3/c1-10-11(9-17(16-10)12-7-6-8-18-12)15-19-13(2,3)14(4,5)20-15/h6-9H,1-5H3. The minimum absolute atomic E-state index is 0.350. The SMILES string of the molecule is Cc1nn(-c2ccco2)cc1B1OC(C)(C)C(C)(C)O1. The van der Waals surface area contributed by atoms with Crippen LogP contribution in [0.5, 0.6) is 0 Å². The maximum Gasteiger partial charge on any atom is 0.498 e. The number of hydrogen-bond donors (Lipinski definition) is 0. The molecule has 2 aromatic heterocycles. The quantitative estimate of drug-likeness (QED) is 0.787. The lowest BCUT2D eigenvalue weighted by molar-refractivity contribution is 0.00578. The van der Waals surface area contributed by atoms with Gasteiger partial charge in [-0.25, -0.2) is 4.68 Å². The van der Waals surface area contributed by atoms with Crippen molar-refractivity contribution < 1.29 is 13.7 Å². The Hall–Kier alpha value is -1.53. The Labute approximate surface area is 119 Å². The summed E-state index contributed by atoms with van der Waals surface area (Å²) in [5.41, 5.74) is 1.10. The van der Waals surface area contributed by atoms with Gasteiger partial charge in [0.05, 0.1) is 23.2 Å². The van der Waals surface area contributed by atoms with Crippen molar-refractivity contribution in [2.24, 2.45) is 0 Å². The van der Waals surface area contributed by atoms with E-state index in [1.807, 2.05) is 52.9 Å². The Morgan fingerprint density at radius 1 is 1.15 bits per heavy atom. The lowest BCUT2D eigenvalue weighted by Gasteiger charge is -2.32. The second-order valence-electron chi connectivity index (χ2n) is 6.15. The minimum Gasteiger partial charge on any atom is -0.447 e. The summed E-state index contributed by atoms with van der Waals surface area (Å²) in [6, 6.07) is 3.70. The van der Waals surface area contributed by atoms with Gasteiger partial charge in [0.1, 0.15) is 0 Å². The van der Waals surface area contributed by atoms with Gasteiger partial charge in [0.2, 0.25) is 5.88 Å². The summed E-state index contributed by atoms with van der Waals surface area (Å²) in [6.07, 6.45) is 3.52. The van der Waals surface area contributed by atoms with E-state index in [0.717, 1.165) is 11.2 Å². The molecule has 1 fully saturated rings. The molecule has 0 N–H and O–H groups in total. The summed E-state index contributed by atoms with van der Waals surface area (Å²) in [5, 5.41) is 4.46. The molecule has 1 aliphatic heterocycles. The molecule has 0 unspecified atom stereocenters. The largest absolute Gasteiger partial charge is 0.498 e. The second kappa shape index (κ2) is 4.23. The van der Waals surface area contributed by atoms with Crippen LogP contribution in [0.2, 0.25) is 0 Å². The van der Waals surface area contributed by atoms with E-state index in [0.29, 0.717) is 5.88 Å². The van der Waals surface area contributed by atoms with Crippen LogP contribution in [-0.2, 0) is 9.31 Å². The van der Waals surface area contributed by atoms with Crippen LogP contribution in [0.3, 0.4) is 0 Å². The maximum atomic E-state index is 6.06. The molecule has 0 atom stereocenters. The zero-order valence-corrected chi connectivity index (χ0v) is 12.5. The normalized spacial score (nSPS) is 20.6. The van der Waals surface area contributed by atoms with Crippen LogP contribution in [0, 0.1) is 6.92 Å². The Morgan fingerprint density at radius 2 is 1.80 bits per heavy atom.